The lowest BCUT2D eigenvalue weighted by molar-refractivity contribution is 0.0949. The van der Waals surface area contributed by atoms with Crippen molar-refractivity contribution >= 4 is 17.2 Å². The fraction of sp³-hybridized carbons (Fsp3) is 0.188. The summed E-state index contributed by atoms with van der Waals surface area (Å²) in [6.45, 7) is 0.660. The standard InChI is InChI=1S/C16H15FN4O2S/c17-11-2-1-3-14(6-11)23-8-13-7-15(21-20-13)16(22)18-5-4-12-9-24-10-19-12/h1-3,6-7,9-10H,4-5,8H2,(H,18,22)(H,20,21). The van der Waals surface area contributed by atoms with Crippen molar-refractivity contribution < 1.29 is 13.9 Å². The Balaban J connectivity index is 1.48. The van der Waals surface area contributed by atoms with Crippen LogP contribution in [-0.4, -0.2) is 27.6 Å². The summed E-state index contributed by atoms with van der Waals surface area (Å²) in [5.74, 6) is -0.213. The molecule has 0 fully saturated rings. The number of hydrogen-bond donors (Lipinski definition) is 2. The normalized spacial score (nSPS) is 10.5. The molecule has 2 aromatic heterocycles. The molecule has 8 heteroatoms. The second-order valence-electron chi connectivity index (χ2n) is 5.01. The first-order chi connectivity index (χ1) is 11.7. The maximum absolute atomic E-state index is 13.1. The van der Waals surface area contributed by atoms with Crippen molar-refractivity contribution in [3.8, 4) is 5.75 Å². The highest BCUT2D eigenvalue weighted by Gasteiger charge is 2.10. The molecule has 0 atom stereocenters. The molecule has 124 valence electrons. The Morgan fingerprint density at radius 3 is 3.08 bits per heavy atom. The van der Waals surface area contributed by atoms with Gasteiger partial charge in [-0.2, -0.15) is 5.10 Å². The van der Waals surface area contributed by atoms with Gasteiger partial charge in [-0.25, -0.2) is 9.37 Å². The Kier molecular flexibility index (Phi) is 5.17. The quantitative estimate of drug-likeness (QED) is 0.689. The van der Waals surface area contributed by atoms with Gasteiger partial charge in [0.05, 0.1) is 16.9 Å². The number of halogens is 1. The van der Waals surface area contributed by atoms with Crippen molar-refractivity contribution in [2.45, 2.75) is 13.0 Å². The molecule has 0 saturated carbocycles. The van der Waals surface area contributed by atoms with Gasteiger partial charge in [-0.3, -0.25) is 9.89 Å². The molecule has 0 saturated heterocycles. The molecule has 2 N–H and O–H groups in total. The first-order valence-electron chi connectivity index (χ1n) is 7.28. The van der Waals surface area contributed by atoms with Crippen LogP contribution < -0.4 is 10.1 Å². The van der Waals surface area contributed by atoms with Crippen LogP contribution >= 0.6 is 11.3 Å². The summed E-state index contributed by atoms with van der Waals surface area (Å²) in [6, 6.07) is 7.47. The zero-order valence-electron chi connectivity index (χ0n) is 12.7. The van der Waals surface area contributed by atoms with Gasteiger partial charge in [-0.15, -0.1) is 11.3 Å². The van der Waals surface area contributed by atoms with Gasteiger partial charge in [0.25, 0.3) is 5.91 Å². The monoisotopic (exact) mass is 346 g/mol. The van der Waals surface area contributed by atoms with E-state index in [-0.39, 0.29) is 24.0 Å². The number of aromatic amines is 1. The van der Waals surface area contributed by atoms with E-state index in [0.29, 0.717) is 24.4 Å². The molecule has 6 nitrogen and oxygen atoms in total. The van der Waals surface area contributed by atoms with Gasteiger partial charge in [0, 0.05) is 24.4 Å². The molecule has 3 rings (SSSR count). The van der Waals surface area contributed by atoms with Gasteiger partial charge in [-0.1, -0.05) is 6.07 Å². The van der Waals surface area contributed by atoms with E-state index in [9.17, 15) is 9.18 Å². The summed E-state index contributed by atoms with van der Waals surface area (Å²) < 4.78 is 18.5. The number of thiazole rings is 1. The van der Waals surface area contributed by atoms with E-state index in [0.717, 1.165) is 5.69 Å². The number of rotatable bonds is 7. The second-order valence-corrected chi connectivity index (χ2v) is 5.73. The van der Waals surface area contributed by atoms with Crippen LogP contribution in [0, 0.1) is 5.82 Å². The van der Waals surface area contributed by atoms with E-state index >= 15 is 0 Å². The Morgan fingerprint density at radius 2 is 2.29 bits per heavy atom. The van der Waals surface area contributed by atoms with Crippen LogP contribution in [0.5, 0.6) is 5.75 Å². The molecule has 0 radical (unpaired) electrons. The lowest BCUT2D eigenvalue weighted by Gasteiger charge is -2.03. The minimum Gasteiger partial charge on any atom is -0.487 e. The van der Waals surface area contributed by atoms with E-state index in [4.69, 9.17) is 4.74 Å². The van der Waals surface area contributed by atoms with Crippen LogP contribution in [0.1, 0.15) is 21.9 Å². The molecular weight excluding hydrogens is 331 g/mol. The molecule has 3 aromatic rings. The number of hydrogen-bond acceptors (Lipinski definition) is 5. The lowest BCUT2D eigenvalue weighted by atomic mass is 10.3. The summed E-state index contributed by atoms with van der Waals surface area (Å²) in [4.78, 5) is 16.2. The summed E-state index contributed by atoms with van der Waals surface area (Å²) in [7, 11) is 0. The van der Waals surface area contributed by atoms with Crippen molar-refractivity contribution in [2.24, 2.45) is 0 Å². The number of aromatic nitrogens is 3. The van der Waals surface area contributed by atoms with E-state index < -0.39 is 0 Å². The summed E-state index contributed by atoms with van der Waals surface area (Å²) in [6.07, 6.45) is 0.676. The Hall–Kier alpha value is -2.74. The highest BCUT2D eigenvalue weighted by atomic mass is 32.1. The summed E-state index contributed by atoms with van der Waals surface area (Å²) in [5.41, 5.74) is 3.62. The van der Waals surface area contributed by atoms with Gasteiger partial charge >= 0.3 is 0 Å². The third-order valence-corrected chi connectivity index (χ3v) is 3.84. The van der Waals surface area contributed by atoms with Crippen LogP contribution in [0.3, 0.4) is 0 Å². The molecule has 0 aliphatic heterocycles. The first kappa shape index (κ1) is 16.1. The van der Waals surface area contributed by atoms with Crippen molar-refractivity contribution in [1.82, 2.24) is 20.5 Å². The lowest BCUT2D eigenvalue weighted by Crippen LogP contribution is -2.26. The first-order valence-corrected chi connectivity index (χ1v) is 8.23. The van der Waals surface area contributed by atoms with Crippen molar-refractivity contribution in [2.75, 3.05) is 6.54 Å². The molecule has 0 bridgehead atoms. The molecule has 0 aliphatic carbocycles. The number of nitrogens with zero attached hydrogens (tertiary/aromatic N) is 2. The molecule has 1 aromatic carbocycles. The number of carbonyl (C=O) groups is 1. The average Bonchev–Trinajstić information content (AvgIpc) is 3.25. The SMILES string of the molecule is O=C(NCCc1cscn1)c1cc(COc2cccc(F)c2)[nH]n1. The fourth-order valence-corrected chi connectivity index (χ4v) is 2.62. The van der Waals surface area contributed by atoms with E-state index in [1.807, 2.05) is 5.38 Å². The minimum atomic E-state index is -0.364. The number of ether oxygens (including phenoxy) is 1. The highest BCUT2D eigenvalue weighted by Crippen LogP contribution is 2.13. The summed E-state index contributed by atoms with van der Waals surface area (Å²) in [5, 5.41) is 11.4. The highest BCUT2D eigenvalue weighted by molar-refractivity contribution is 7.07. The molecule has 0 unspecified atom stereocenters. The molecule has 0 aliphatic rings. The molecule has 24 heavy (non-hydrogen) atoms. The Labute approximate surface area is 141 Å². The number of benzene rings is 1. The zero-order chi connectivity index (χ0) is 16.8. The number of carbonyl (C=O) groups excluding carboxylic acids is 1. The van der Waals surface area contributed by atoms with Crippen LogP contribution in [0.2, 0.25) is 0 Å². The molecule has 2 heterocycles. The smallest absolute Gasteiger partial charge is 0.271 e. The number of H-pyrrole nitrogens is 1. The fourth-order valence-electron chi connectivity index (χ4n) is 2.03. The molecule has 0 spiro atoms. The van der Waals surface area contributed by atoms with Crippen molar-refractivity contribution in [3.05, 3.63) is 64.1 Å². The van der Waals surface area contributed by atoms with Crippen LogP contribution in [0.25, 0.3) is 0 Å². The third-order valence-electron chi connectivity index (χ3n) is 3.20. The average molecular weight is 346 g/mol. The number of amides is 1. The van der Waals surface area contributed by atoms with Gasteiger partial charge < -0.3 is 10.1 Å². The maximum Gasteiger partial charge on any atom is 0.271 e. The van der Waals surface area contributed by atoms with Gasteiger partial charge in [0.2, 0.25) is 0 Å². The second kappa shape index (κ2) is 7.69. The number of nitrogens with one attached hydrogen (secondary N) is 2. The van der Waals surface area contributed by atoms with E-state index in [2.05, 4.69) is 20.5 Å². The molecule has 1 amide bonds. The Morgan fingerprint density at radius 1 is 1.38 bits per heavy atom. The maximum atomic E-state index is 13.1. The van der Waals surface area contributed by atoms with Gasteiger partial charge in [0.15, 0.2) is 0 Å². The molecular formula is C16H15FN4O2S. The third kappa shape index (κ3) is 4.39. The van der Waals surface area contributed by atoms with Crippen molar-refractivity contribution in [3.63, 3.8) is 0 Å². The van der Waals surface area contributed by atoms with Crippen LogP contribution in [-0.2, 0) is 13.0 Å². The van der Waals surface area contributed by atoms with Crippen molar-refractivity contribution in [1.29, 1.82) is 0 Å². The largest absolute Gasteiger partial charge is 0.487 e. The predicted molar refractivity (Wildman–Crippen MR) is 87.5 cm³/mol. The van der Waals surface area contributed by atoms with Gasteiger partial charge in [0.1, 0.15) is 23.9 Å². The van der Waals surface area contributed by atoms with E-state index in [1.54, 1.807) is 23.7 Å². The van der Waals surface area contributed by atoms with Crippen LogP contribution in [0.4, 0.5) is 4.39 Å². The van der Waals surface area contributed by atoms with E-state index in [1.165, 1.54) is 23.5 Å². The van der Waals surface area contributed by atoms with Crippen LogP contribution in [0.15, 0.2) is 41.2 Å². The topological polar surface area (TPSA) is 79.9 Å². The minimum absolute atomic E-state index is 0.169. The Bertz CT molecular complexity index is 804. The summed E-state index contributed by atoms with van der Waals surface area (Å²) >= 11 is 1.52. The zero-order valence-corrected chi connectivity index (χ0v) is 13.5. The predicted octanol–water partition coefficient (Wildman–Crippen LogP) is 2.56. The van der Waals surface area contributed by atoms with Gasteiger partial charge in [-0.05, 0) is 18.2 Å².